The van der Waals surface area contributed by atoms with Crippen LogP contribution in [0.25, 0.3) is 0 Å². The van der Waals surface area contributed by atoms with Crippen LogP contribution in [0.5, 0.6) is 0 Å². The lowest BCUT2D eigenvalue weighted by Crippen LogP contribution is -2.46. The predicted molar refractivity (Wildman–Crippen MR) is 73.2 cm³/mol. The molecule has 1 atom stereocenters. The fourth-order valence-corrected chi connectivity index (χ4v) is 2.34. The minimum Gasteiger partial charge on any atom is -0.480 e. The summed E-state index contributed by atoms with van der Waals surface area (Å²) in [5.74, 6) is -1.19. The van der Waals surface area contributed by atoms with E-state index in [0.29, 0.717) is 19.5 Å². The van der Waals surface area contributed by atoms with Crippen molar-refractivity contribution in [3.63, 3.8) is 0 Å². The molecule has 1 rings (SSSR count). The molecule has 1 heterocycles. The first-order valence-corrected chi connectivity index (χ1v) is 6.43. The average molecular weight is 283 g/mol. The summed E-state index contributed by atoms with van der Waals surface area (Å²) in [4.78, 5) is 37.6. The van der Waals surface area contributed by atoms with E-state index >= 15 is 0 Å². The van der Waals surface area contributed by atoms with Crippen molar-refractivity contribution in [1.29, 1.82) is 0 Å². The van der Waals surface area contributed by atoms with Gasteiger partial charge in [0.05, 0.1) is 5.41 Å². The van der Waals surface area contributed by atoms with Gasteiger partial charge in [-0.2, -0.15) is 0 Å². The number of hydrogen-bond donors (Lipinski definition) is 2. The molecule has 1 fully saturated rings. The van der Waals surface area contributed by atoms with E-state index in [-0.39, 0.29) is 25.0 Å². The zero-order valence-corrected chi connectivity index (χ0v) is 11.9. The monoisotopic (exact) mass is 283 g/mol. The number of carbonyl (C=O) groups is 3. The lowest BCUT2D eigenvalue weighted by molar-refractivity contribution is -0.137. The van der Waals surface area contributed by atoms with Gasteiger partial charge in [-0.05, 0) is 13.3 Å². The van der Waals surface area contributed by atoms with Gasteiger partial charge in [0.1, 0.15) is 6.54 Å². The Hall–Kier alpha value is -2.05. The summed E-state index contributed by atoms with van der Waals surface area (Å²) in [5, 5.41) is 11.4. The fraction of sp³-hybridized carbons (Fsp3) is 0.615. The van der Waals surface area contributed by atoms with Crippen LogP contribution < -0.4 is 5.32 Å². The number of carbonyl (C=O) groups excluding carboxylic acids is 2. The van der Waals surface area contributed by atoms with Crippen LogP contribution in [-0.2, 0) is 9.59 Å². The maximum Gasteiger partial charge on any atom is 0.323 e. The molecule has 0 radical (unpaired) electrons. The van der Waals surface area contributed by atoms with Gasteiger partial charge in [0.25, 0.3) is 0 Å². The summed E-state index contributed by atoms with van der Waals surface area (Å²) in [7, 11) is 1.56. The van der Waals surface area contributed by atoms with Crippen molar-refractivity contribution in [2.45, 2.75) is 13.3 Å². The highest BCUT2D eigenvalue weighted by molar-refractivity contribution is 5.85. The molecule has 1 aliphatic rings. The lowest BCUT2D eigenvalue weighted by Gasteiger charge is -2.27. The molecule has 0 aromatic carbocycles. The summed E-state index contributed by atoms with van der Waals surface area (Å²) >= 11 is 0. The Balaban J connectivity index is 2.75. The van der Waals surface area contributed by atoms with Crippen LogP contribution in [0.15, 0.2) is 12.7 Å². The molecule has 1 saturated heterocycles. The SMILES string of the molecule is C=CCN(CC(=O)O)C(=O)N1CCC(C)(C(=O)NC)C1. The quantitative estimate of drug-likeness (QED) is 0.702. The molecule has 2 N–H and O–H groups in total. The summed E-state index contributed by atoms with van der Waals surface area (Å²) in [6, 6.07) is -0.375. The number of nitrogens with zero attached hydrogens (tertiary/aromatic N) is 2. The number of nitrogens with one attached hydrogen (secondary N) is 1. The van der Waals surface area contributed by atoms with E-state index in [4.69, 9.17) is 5.11 Å². The second-order valence-electron chi connectivity index (χ2n) is 5.16. The van der Waals surface area contributed by atoms with Crippen molar-refractivity contribution < 1.29 is 19.5 Å². The van der Waals surface area contributed by atoms with Gasteiger partial charge in [0.15, 0.2) is 0 Å². The third kappa shape index (κ3) is 3.49. The maximum atomic E-state index is 12.3. The second-order valence-corrected chi connectivity index (χ2v) is 5.16. The molecule has 0 saturated carbocycles. The number of carboxylic acid groups (broad SMARTS) is 1. The van der Waals surface area contributed by atoms with E-state index in [1.807, 2.05) is 0 Å². The highest BCUT2D eigenvalue weighted by atomic mass is 16.4. The Bertz CT molecular complexity index is 424. The molecule has 112 valence electrons. The van der Waals surface area contributed by atoms with E-state index in [9.17, 15) is 14.4 Å². The van der Waals surface area contributed by atoms with E-state index in [1.54, 1.807) is 14.0 Å². The lowest BCUT2D eigenvalue weighted by atomic mass is 9.89. The number of hydrogen-bond acceptors (Lipinski definition) is 3. The Labute approximate surface area is 118 Å². The van der Waals surface area contributed by atoms with Crippen LogP contribution >= 0.6 is 0 Å². The Morgan fingerprint density at radius 2 is 2.15 bits per heavy atom. The second kappa shape index (κ2) is 6.40. The molecule has 7 nitrogen and oxygen atoms in total. The standard InChI is InChI=1S/C13H21N3O4/c1-4-6-15(8-10(17)18)12(20)16-7-5-13(2,9-16)11(19)14-3/h4H,1,5-9H2,2-3H3,(H,14,19)(H,17,18). The van der Waals surface area contributed by atoms with E-state index in [1.165, 1.54) is 15.9 Å². The Morgan fingerprint density at radius 1 is 1.50 bits per heavy atom. The molecule has 0 aromatic rings. The van der Waals surface area contributed by atoms with Crippen LogP contribution in [0.2, 0.25) is 0 Å². The molecule has 20 heavy (non-hydrogen) atoms. The third-order valence-electron chi connectivity index (χ3n) is 3.47. The molecule has 0 aromatic heterocycles. The largest absolute Gasteiger partial charge is 0.480 e. The number of aliphatic carboxylic acids is 1. The number of carboxylic acids is 1. The first kappa shape index (κ1) is 16.0. The minimum atomic E-state index is -1.08. The predicted octanol–water partition coefficient (Wildman–Crippen LogP) is 0.137. The minimum absolute atomic E-state index is 0.110. The molecular weight excluding hydrogens is 262 g/mol. The average Bonchev–Trinajstić information content (AvgIpc) is 2.80. The van der Waals surface area contributed by atoms with Gasteiger partial charge in [0, 0.05) is 26.7 Å². The number of urea groups is 1. The third-order valence-corrected chi connectivity index (χ3v) is 3.47. The van der Waals surface area contributed by atoms with E-state index < -0.39 is 11.4 Å². The molecule has 7 heteroatoms. The molecule has 0 spiro atoms. The fourth-order valence-electron chi connectivity index (χ4n) is 2.34. The summed E-state index contributed by atoms with van der Waals surface area (Å²) in [6.07, 6.45) is 2.04. The van der Waals surface area contributed by atoms with Crippen molar-refractivity contribution in [3.8, 4) is 0 Å². The van der Waals surface area contributed by atoms with Crippen molar-refractivity contribution in [2.24, 2.45) is 5.41 Å². The summed E-state index contributed by atoms with van der Waals surface area (Å²) < 4.78 is 0. The molecule has 3 amide bonds. The Morgan fingerprint density at radius 3 is 2.65 bits per heavy atom. The van der Waals surface area contributed by atoms with E-state index in [0.717, 1.165) is 0 Å². The van der Waals surface area contributed by atoms with Gasteiger partial charge >= 0.3 is 12.0 Å². The van der Waals surface area contributed by atoms with Gasteiger partial charge in [-0.15, -0.1) is 6.58 Å². The number of likely N-dealkylation sites (tertiary alicyclic amines) is 1. The van der Waals surface area contributed by atoms with Crippen LogP contribution in [-0.4, -0.2) is 66.0 Å². The highest BCUT2D eigenvalue weighted by Gasteiger charge is 2.42. The molecule has 1 aliphatic heterocycles. The smallest absolute Gasteiger partial charge is 0.323 e. The van der Waals surface area contributed by atoms with Crippen molar-refractivity contribution in [3.05, 3.63) is 12.7 Å². The molecular formula is C13H21N3O4. The topological polar surface area (TPSA) is 90.0 Å². The van der Waals surface area contributed by atoms with Crippen LogP contribution in [0, 0.1) is 5.41 Å². The van der Waals surface area contributed by atoms with Crippen LogP contribution in [0.4, 0.5) is 4.79 Å². The van der Waals surface area contributed by atoms with E-state index in [2.05, 4.69) is 11.9 Å². The summed E-state index contributed by atoms with van der Waals surface area (Å²) in [5.41, 5.74) is -0.618. The van der Waals surface area contributed by atoms with Gasteiger partial charge in [-0.3, -0.25) is 9.59 Å². The van der Waals surface area contributed by atoms with Crippen molar-refractivity contribution >= 4 is 17.9 Å². The maximum absolute atomic E-state index is 12.3. The molecule has 1 unspecified atom stereocenters. The first-order valence-electron chi connectivity index (χ1n) is 6.43. The zero-order chi connectivity index (χ0) is 15.3. The normalized spacial score (nSPS) is 21.4. The number of amides is 3. The highest BCUT2D eigenvalue weighted by Crippen LogP contribution is 2.30. The van der Waals surface area contributed by atoms with Gasteiger partial charge in [-0.1, -0.05) is 6.08 Å². The van der Waals surface area contributed by atoms with Crippen molar-refractivity contribution in [2.75, 3.05) is 33.2 Å². The summed E-state index contributed by atoms with van der Waals surface area (Å²) in [6.45, 7) is 5.84. The molecule has 0 bridgehead atoms. The van der Waals surface area contributed by atoms with Gasteiger partial charge in [-0.25, -0.2) is 4.79 Å². The first-order chi connectivity index (χ1) is 9.34. The van der Waals surface area contributed by atoms with Crippen molar-refractivity contribution in [1.82, 2.24) is 15.1 Å². The van der Waals surface area contributed by atoms with Crippen LogP contribution in [0.1, 0.15) is 13.3 Å². The van der Waals surface area contributed by atoms with Gasteiger partial charge in [0.2, 0.25) is 5.91 Å². The van der Waals surface area contributed by atoms with Gasteiger partial charge < -0.3 is 20.2 Å². The number of rotatable bonds is 5. The molecule has 0 aliphatic carbocycles. The zero-order valence-electron chi connectivity index (χ0n) is 11.9. The Kier molecular flexibility index (Phi) is 5.12. The van der Waals surface area contributed by atoms with Crippen LogP contribution in [0.3, 0.4) is 0 Å².